The van der Waals surface area contributed by atoms with Gasteiger partial charge in [0, 0.05) is 16.3 Å². The Kier molecular flexibility index (Phi) is 3.60. The molecule has 2 aromatic heterocycles. The molecule has 7 heteroatoms. The minimum absolute atomic E-state index is 0.112. The van der Waals surface area contributed by atoms with E-state index >= 15 is 0 Å². The molecule has 0 unspecified atom stereocenters. The Labute approximate surface area is 116 Å². The zero-order chi connectivity index (χ0) is 14.2. The van der Waals surface area contributed by atoms with Gasteiger partial charge in [0.1, 0.15) is 4.21 Å². The summed E-state index contributed by atoms with van der Waals surface area (Å²) < 4.78 is 27.1. The predicted molar refractivity (Wildman–Crippen MR) is 76.1 cm³/mol. The molecule has 0 spiro atoms. The first-order chi connectivity index (χ1) is 8.78. The van der Waals surface area contributed by atoms with Crippen LogP contribution in [0.3, 0.4) is 0 Å². The van der Waals surface area contributed by atoms with Gasteiger partial charge in [0.15, 0.2) is 0 Å². The Hall–Kier alpha value is -1.47. The summed E-state index contributed by atoms with van der Waals surface area (Å²) in [6.45, 7) is 7.38. The highest BCUT2D eigenvalue weighted by molar-refractivity contribution is 7.94. The Balaban J connectivity index is 2.36. The Bertz CT molecular complexity index is 681. The van der Waals surface area contributed by atoms with Crippen LogP contribution < -0.4 is 4.72 Å². The first-order valence-corrected chi connectivity index (χ1v) is 8.00. The van der Waals surface area contributed by atoms with Crippen molar-refractivity contribution in [3.8, 4) is 0 Å². The second-order valence-corrected chi connectivity index (χ2v) is 7.55. The zero-order valence-electron chi connectivity index (χ0n) is 11.2. The van der Waals surface area contributed by atoms with Crippen LogP contribution in [0.2, 0.25) is 0 Å². The number of rotatable bonds is 3. The van der Waals surface area contributed by atoms with Crippen LogP contribution in [0.4, 0.5) is 5.95 Å². The van der Waals surface area contributed by atoms with E-state index in [1.807, 2.05) is 13.8 Å². The molecule has 19 heavy (non-hydrogen) atoms. The fraction of sp³-hybridized carbons (Fsp3) is 0.333. The molecule has 0 aliphatic heterocycles. The zero-order valence-corrected chi connectivity index (χ0v) is 12.8. The average Bonchev–Trinajstić information content (AvgIpc) is 2.57. The summed E-state index contributed by atoms with van der Waals surface area (Å²) in [5.74, 6) is 0.112. The number of anilines is 1. The molecular weight excluding hydrogens is 282 g/mol. The van der Waals surface area contributed by atoms with Crippen molar-refractivity contribution in [2.75, 3.05) is 4.72 Å². The van der Waals surface area contributed by atoms with E-state index in [0.717, 1.165) is 21.8 Å². The Morgan fingerprint density at radius 2 is 1.63 bits per heavy atom. The molecule has 0 aliphatic carbocycles. The maximum atomic E-state index is 12.2. The maximum absolute atomic E-state index is 12.2. The molecule has 0 aliphatic rings. The molecule has 0 radical (unpaired) electrons. The molecule has 0 saturated heterocycles. The SMILES string of the molecule is Cc1cc(C)nc(NS(=O)(=O)c2cc(C)c(C)s2)n1. The van der Waals surface area contributed by atoms with E-state index in [4.69, 9.17) is 0 Å². The lowest BCUT2D eigenvalue weighted by molar-refractivity contribution is 0.602. The van der Waals surface area contributed by atoms with Crippen LogP contribution in [0.15, 0.2) is 16.3 Å². The highest BCUT2D eigenvalue weighted by atomic mass is 32.2. The first-order valence-electron chi connectivity index (χ1n) is 5.70. The number of sulfonamides is 1. The van der Waals surface area contributed by atoms with E-state index in [1.165, 1.54) is 11.3 Å². The highest BCUT2D eigenvalue weighted by Crippen LogP contribution is 2.26. The van der Waals surface area contributed by atoms with Gasteiger partial charge < -0.3 is 0 Å². The third-order valence-electron chi connectivity index (χ3n) is 2.62. The lowest BCUT2D eigenvalue weighted by Gasteiger charge is -2.06. The van der Waals surface area contributed by atoms with Crippen LogP contribution in [0.1, 0.15) is 21.8 Å². The van der Waals surface area contributed by atoms with Gasteiger partial charge in [-0.3, -0.25) is 0 Å². The van der Waals surface area contributed by atoms with Gasteiger partial charge in [0.2, 0.25) is 5.95 Å². The summed E-state index contributed by atoms with van der Waals surface area (Å²) in [5.41, 5.74) is 2.42. The molecule has 2 heterocycles. The van der Waals surface area contributed by atoms with Crippen molar-refractivity contribution < 1.29 is 8.42 Å². The van der Waals surface area contributed by atoms with Crippen LogP contribution in [0.5, 0.6) is 0 Å². The van der Waals surface area contributed by atoms with Crippen molar-refractivity contribution in [2.24, 2.45) is 0 Å². The van der Waals surface area contributed by atoms with Crippen molar-refractivity contribution in [2.45, 2.75) is 31.9 Å². The summed E-state index contributed by atoms with van der Waals surface area (Å²) in [6, 6.07) is 3.45. The van der Waals surface area contributed by atoms with E-state index in [0.29, 0.717) is 0 Å². The standard InChI is InChI=1S/C12H15N3O2S2/c1-7-5-11(18-10(7)4)19(16,17)15-12-13-8(2)6-9(3)14-12/h5-6H,1-4H3,(H,13,14,15). The van der Waals surface area contributed by atoms with Gasteiger partial charge in [0.25, 0.3) is 10.0 Å². The van der Waals surface area contributed by atoms with E-state index in [1.54, 1.807) is 26.0 Å². The number of nitrogens with one attached hydrogen (secondary N) is 1. The molecule has 5 nitrogen and oxygen atoms in total. The average molecular weight is 297 g/mol. The van der Waals surface area contributed by atoms with Gasteiger partial charge in [-0.05, 0) is 45.4 Å². The van der Waals surface area contributed by atoms with Crippen molar-refractivity contribution in [3.63, 3.8) is 0 Å². The molecule has 0 atom stereocenters. The maximum Gasteiger partial charge on any atom is 0.273 e. The smallest absolute Gasteiger partial charge is 0.246 e. The number of thiophene rings is 1. The summed E-state index contributed by atoms with van der Waals surface area (Å²) in [7, 11) is -3.60. The van der Waals surface area contributed by atoms with Gasteiger partial charge >= 0.3 is 0 Å². The summed E-state index contributed by atoms with van der Waals surface area (Å²) in [4.78, 5) is 9.14. The van der Waals surface area contributed by atoms with E-state index in [2.05, 4.69) is 14.7 Å². The van der Waals surface area contributed by atoms with E-state index in [9.17, 15) is 8.42 Å². The quantitative estimate of drug-likeness (QED) is 0.945. The van der Waals surface area contributed by atoms with Gasteiger partial charge in [-0.15, -0.1) is 11.3 Å². The number of aromatic nitrogens is 2. The summed E-state index contributed by atoms with van der Waals surface area (Å²) in [6.07, 6.45) is 0. The molecule has 0 saturated carbocycles. The van der Waals surface area contributed by atoms with Gasteiger partial charge in [0.05, 0.1) is 0 Å². The third-order valence-corrected chi connectivity index (χ3v) is 5.57. The number of hydrogen-bond donors (Lipinski definition) is 1. The normalized spacial score (nSPS) is 11.6. The monoisotopic (exact) mass is 297 g/mol. The minimum atomic E-state index is -3.60. The van der Waals surface area contributed by atoms with Crippen molar-refractivity contribution in [1.82, 2.24) is 9.97 Å². The van der Waals surface area contributed by atoms with E-state index in [-0.39, 0.29) is 10.2 Å². The van der Waals surface area contributed by atoms with E-state index < -0.39 is 10.0 Å². The predicted octanol–water partition coefficient (Wildman–Crippen LogP) is 2.57. The molecule has 0 fully saturated rings. The molecule has 2 rings (SSSR count). The van der Waals surface area contributed by atoms with Gasteiger partial charge in [-0.2, -0.15) is 0 Å². The fourth-order valence-electron chi connectivity index (χ4n) is 1.61. The largest absolute Gasteiger partial charge is 0.273 e. The summed E-state index contributed by atoms with van der Waals surface area (Å²) >= 11 is 1.24. The third kappa shape index (κ3) is 3.10. The Morgan fingerprint density at radius 1 is 1.05 bits per heavy atom. The number of aryl methyl sites for hydroxylation is 4. The minimum Gasteiger partial charge on any atom is -0.246 e. The van der Waals surface area contributed by atoms with Gasteiger partial charge in [-0.25, -0.2) is 23.1 Å². The fourth-order valence-corrected chi connectivity index (χ4v) is 4.07. The van der Waals surface area contributed by atoms with Crippen LogP contribution in [-0.4, -0.2) is 18.4 Å². The van der Waals surface area contributed by atoms with Crippen LogP contribution in [-0.2, 0) is 10.0 Å². The lowest BCUT2D eigenvalue weighted by Crippen LogP contribution is -2.14. The number of hydrogen-bond acceptors (Lipinski definition) is 5. The highest BCUT2D eigenvalue weighted by Gasteiger charge is 2.19. The molecular formula is C12H15N3O2S2. The van der Waals surface area contributed by atoms with Crippen LogP contribution >= 0.6 is 11.3 Å². The molecule has 0 amide bonds. The summed E-state index contributed by atoms with van der Waals surface area (Å²) in [5, 5.41) is 0. The van der Waals surface area contributed by atoms with Gasteiger partial charge in [-0.1, -0.05) is 0 Å². The van der Waals surface area contributed by atoms with Crippen molar-refractivity contribution in [1.29, 1.82) is 0 Å². The second-order valence-electron chi connectivity index (χ2n) is 4.38. The molecule has 0 bridgehead atoms. The number of nitrogens with zero attached hydrogens (tertiary/aromatic N) is 2. The molecule has 102 valence electrons. The van der Waals surface area contributed by atoms with Crippen LogP contribution in [0.25, 0.3) is 0 Å². The lowest BCUT2D eigenvalue weighted by atomic mass is 10.3. The second kappa shape index (κ2) is 4.90. The first kappa shape index (κ1) is 14.0. The van der Waals surface area contributed by atoms with Crippen molar-refractivity contribution in [3.05, 3.63) is 34.0 Å². The Morgan fingerprint density at radius 3 is 2.11 bits per heavy atom. The molecule has 1 N–H and O–H groups in total. The molecule has 0 aromatic carbocycles. The topological polar surface area (TPSA) is 72.0 Å². The van der Waals surface area contributed by atoms with Crippen LogP contribution in [0, 0.1) is 27.7 Å². The van der Waals surface area contributed by atoms with Crippen molar-refractivity contribution >= 4 is 27.3 Å². The molecule has 2 aromatic rings.